The van der Waals surface area contributed by atoms with Crippen LogP contribution in [0, 0.1) is 6.92 Å². The second kappa shape index (κ2) is 6.27. The van der Waals surface area contributed by atoms with Gasteiger partial charge in [-0.3, -0.25) is 20.1 Å². The van der Waals surface area contributed by atoms with Gasteiger partial charge in [0.25, 0.3) is 5.56 Å². The number of nitrogens with one attached hydrogen (secondary N) is 4. The first-order valence-electron chi connectivity index (χ1n) is 8.70. The van der Waals surface area contributed by atoms with Crippen LogP contribution in [0.1, 0.15) is 30.0 Å². The number of benzene rings is 1. The van der Waals surface area contributed by atoms with Crippen LogP contribution in [-0.2, 0) is 0 Å². The van der Waals surface area contributed by atoms with Gasteiger partial charge >= 0.3 is 0 Å². The number of hydrogen-bond donors (Lipinski definition) is 4. The zero-order valence-electron chi connectivity index (χ0n) is 14.5. The van der Waals surface area contributed by atoms with Crippen LogP contribution in [0.4, 0.5) is 11.6 Å². The summed E-state index contributed by atoms with van der Waals surface area (Å²) < 4.78 is 0. The molecule has 9 heteroatoms. The third-order valence-electron chi connectivity index (χ3n) is 4.57. The standard InChI is InChI=1S/C18H17N7OS/c1-9-8-19-18(27-11-4-5-12-14(6-11)23-25-17(12)26)21-16(9)20-15-7-13(22-24-15)10-2-3-10/h4-8,10H,2-3H2,1H3,(H2,23,25,26)(H2,19,20,21,22,24). The lowest BCUT2D eigenvalue weighted by atomic mass is 10.2. The molecule has 1 aromatic carbocycles. The molecule has 0 aliphatic heterocycles. The largest absolute Gasteiger partial charge is 0.323 e. The Morgan fingerprint density at radius 1 is 1.22 bits per heavy atom. The van der Waals surface area contributed by atoms with Crippen LogP contribution in [0.15, 0.2) is 45.3 Å². The summed E-state index contributed by atoms with van der Waals surface area (Å²) in [5.41, 5.74) is 2.76. The van der Waals surface area contributed by atoms with E-state index >= 15 is 0 Å². The van der Waals surface area contributed by atoms with Gasteiger partial charge in [-0.05, 0) is 49.7 Å². The molecule has 0 atom stereocenters. The van der Waals surface area contributed by atoms with Crippen LogP contribution in [0.5, 0.6) is 0 Å². The van der Waals surface area contributed by atoms with Gasteiger partial charge in [0.2, 0.25) is 0 Å². The highest BCUT2D eigenvalue weighted by Crippen LogP contribution is 2.39. The van der Waals surface area contributed by atoms with Gasteiger partial charge in [-0.15, -0.1) is 0 Å². The molecular formula is C18H17N7OS. The fourth-order valence-electron chi connectivity index (χ4n) is 2.91. The molecule has 3 aromatic heterocycles. The van der Waals surface area contributed by atoms with Gasteiger partial charge < -0.3 is 5.32 Å². The average Bonchev–Trinajstić information content (AvgIpc) is 3.31. The number of aryl methyl sites for hydroxylation is 1. The highest BCUT2D eigenvalue weighted by molar-refractivity contribution is 7.99. The quantitative estimate of drug-likeness (QED) is 0.395. The molecule has 27 heavy (non-hydrogen) atoms. The zero-order valence-corrected chi connectivity index (χ0v) is 15.4. The molecule has 4 N–H and O–H groups in total. The maximum Gasteiger partial charge on any atom is 0.271 e. The van der Waals surface area contributed by atoms with E-state index in [-0.39, 0.29) is 5.56 Å². The number of anilines is 2. The molecule has 4 aromatic rings. The van der Waals surface area contributed by atoms with Crippen LogP contribution in [0.25, 0.3) is 10.9 Å². The normalized spacial score (nSPS) is 14.0. The van der Waals surface area contributed by atoms with E-state index in [9.17, 15) is 4.79 Å². The van der Waals surface area contributed by atoms with Crippen molar-refractivity contribution in [3.8, 4) is 0 Å². The van der Waals surface area contributed by atoms with E-state index in [2.05, 4.69) is 35.7 Å². The van der Waals surface area contributed by atoms with Gasteiger partial charge in [-0.1, -0.05) is 0 Å². The number of nitrogens with zero attached hydrogens (tertiary/aromatic N) is 3. The molecule has 0 spiro atoms. The lowest BCUT2D eigenvalue weighted by Gasteiger charge is -2.07. The van der Waals surface area contributed by atoms with Gasteiger partial charge in [0, 0.05) is 34.3 Å². The van der Waals surface area contributed by atoms with Gasteiger partial charge in [0.15, 0.2) is 11.0 Å². The number of fused-ring (bicyclic) bond motifs is 1. The number of rotatable bonds is 5. The molecule has 3 heterocycles. The van der Waals surface area contributed by atoms with E-state index in [1.54, 1.807) is 12.3 Å². The Kier molecular flexibility index (Phi) is 3.75. The Balaban J connectivity index is 1.39. The molecule has 1 saturated carbocycles. The Morgan fingerprint density at radius 3 is 2.96 bits per heavy atom. The predicted octanol–water partition coefficient (Wildman–Crippen LogP) is 3.45. The molecule has 8 nitrogen and oxygen atoms in total. The van der Waals surface area contributed by atoms with Crippen molar-refractivity contribution in [1.82, 2.24) is 30.4 Å². The van der Waals surface area contributed by atoms with E-state index in [0.717, 1.165) is 27.6 Å². The molecule has 5 rings (SSSR count). The Labute approximate surface area is 158 Å². The fourth-order valence-corrected chi connectivity index (χ4v) is 3.68. The van der Waals surface area contributed by atoms with Crippen molar-refractivity contribution in [2.24, 2.45) is 0 Å². The molecule has 0 radical (unpaired) electrons. The molecule has 136 valence electrons. The maximum atomic E-state index is 11.6. The predicted molar refractivity (Wildman–Crippen MR) is 104 cm³/mol. The van der Waals surface area contributed by atoms with Crippen molar-refractivity contribution in [2.45, 2.75) is 35.7 Å². The summed E-state index contributed by atoms with van der Waals surface area (Å²) in [6.45, 7) is 1.96. The monoisotopic (exact) mass is 379 g/mol. The minimum Gasteiger partial charge on any atom is -0.323 e. The minimum absolute atomic E-state index is 0.121. The molecule has 1 aliphatic carbocycles. The van der Waals surface area contributed by atoms with E-state index in [1.165, 1.54) is 30.3 Å². The number of aromatic nitrogens is 6. The summed E-state index contributed by atoms with van der Waals surface area (Å²) in [6, 6.07) is 7.64. The third-order valence-corrected chi connectivity index (χ3v) is 5.44. The SMILES string of the molecule is Cc1cnc(Sc2ccc3c(=O)[nH][nH]c3c2)nc1Nc1cc(C2CC2)[nH]n1. The van der Waals surface area contributed by atoms with Crippen molar-refractivity contribution in [2.75, 3.05) is 5.32 Å². The van der Waals surface area contributed by atoms with Crippen LogP contribution >= 0.6 is 11.8 Å². The van der Waals surface area contributed by atoms with Gasteiger partial charge in [0.05, 0.1) is 10.9 Å². The van der Waals surface area contributed by atoms with Crippen molar-refractivity contribution < 1.29 is 0 Å². The lowest BCUT2D eigenvalue weighted by molar-refractivity contribution is 0.948. The number of H-pyrrole nitrogens is 3. The summed E-state index contributed by atoms with van der Waals surface area (Å²) in [5, 5.41) is 17.4. The van der Waals surface area contributed by atoms with E-state index < -0.39 is 0 Å². The number of hydrogen-bond acceptors (Lipinski definition) is 6. The smallest absolute Gasteiger partial charge is 0.271 e. The number of aromatic amines is 3. The molecule has 1 aliphatic rings. The summed E-state index contributed by atoms with van der Waals surface area (Å²) in [6.07, 6.45) is 4.25. The molecule has 0 amide bonds. The highest BCUT2D eigenvalue weighted by atomic mass is 32.2. The zero-order chi connectivity index (χ0) is 18.4. The maximum absolute atomic E-state index is 11.6. The van der Waals surface area contributed by atoms with Crippen LogP contribution in [0.3, 0.4) is 0 Å². The molecule has 0 bridgehead atoms. The summed E-state index contributed by atoms with van der Waals surface area (Å²) >= 11 is 1.44. The molecule has 0 saturated heterocycles. The average molecular weight is 379 g/mol. The van der Waals surface area contributed by atoms with Gasteiger partial charge in [-0.2, -0.15) is 5.10 Å². The van der Waals surface area contributed by atoms with Crippen LogP contribution < -0.4 is 10.9 Å². The first-order chi connectivity index (χ1) is 13.2. The topological polar surface area (TPSA) is 115 Å². The van der Waals surface area contributed by atoms with Crippen molar-refractivity contribution >= 4 is 34.3 Å². The highest BCUT2D eigenvalue weighted by Gasteiger charge is 2.25. The Bertz CT molecular complexity index is 1190. The molecular weight excluding hydrogens is 362 g/mol. The minimum atomic E-state index is -0.121. The van der Waals surface area contributed by atoms with Gasteiger partial charge in [-0.25, -0.2) is 9.97 Å². The van der Waals surface area contributed by atoms with Gasteiger partial charge in [0.1, 0.15) is 5.82 Å². The summed E-state index contributed by atoms with van der Waals surface area (Å²) in [7, 11) is 0. The van der Waals surface area contributed by atoms with Crippen molar-refractivity contribution in [1.29, 1.82) is 0 Å². The second-order valence-electron chi connectivity index (χ2n) is 6.68. The Hall–Kier alpha value is -3.07. The molecule has 1 fully saturated rings. The summed E-state index contributed by atoms with van der Waals surface area (Å²) in [5.74, 6) is 2.12. The second-order valence-corrected chi connectivity index (χ2v) is 7.72. The molecule has 0 unspecified atom stereocenters. The van der Waals surface area contributed by atoms with Crippen LogP contribution in [0.2, 0.25) is 0 Å². The fraction of sp³-hybridized carbons (Fsp3) is 0.222. The van der Waals surface area contributed by atoms with E-state index in [4.69, 9.17) is 0 Å². The van der Waals surface area contributed by atoms with E-state index in [1.807, 2.05) is 25.1 Å². The van der Waals surface area contributed by atoms with Crippen molar-refractivity contribution in [3.63, 3.8) is 0 Å². The first kappa shape index (κ1) is 16.1. The first-order valence-corrected chi connectivity index (χ1v) is 9.51. The lowest BCUT2D eigenvalue weighted by Crippen LogP contribution is -1.99. The summed E-state index contributed by atoms with van der Waals surface area (Å²) in [4.78, 5) is 21.6. The van der Waals surface area contributed by atoms with Crippen molar-refractivity contribution in [3.05, 3.63) is 52.1 Å². The van der Waals surface area contributed by atoms with Crippen LogP contribution in [-0.4, -0.2) is 30.4 Å². The Morgan fingerprint density at radius 2 is 2.11 bits per heavy atom. The van der Waals surface area contributed by atoms with E-state index in [0.29, 0.717) is 16.5 Å². The third kappa shape index (κ3) is 3.21.